The average Bonchev–Trinajstić information content (AvgIpc) is 3.26. The fourth-order valence-corrected chi connectivity index (χ4v) is 3.78. The topological polar surface area (TPSA) is 97.1 Å². The Morgan fingerprint density at radius 3 is 2.59 bits per heavy atom. The van der Waals surface area contributed by atoms with Crippen LogP contribution in [0.5, 0.6) is 0 Å². The monoisotopic (exact) mass is 453 g/mol. The summed E-state index contributed by atoms with van der Waals surface area (Å²) in [6, 6.07) is -1.87. The summed E-state index contributed by atoms with van der Waals surface area (Å²) < 4.78 is 90.1. The first-order chi connectivity index (χ1) is 17.4. The minimum Gasteiger partial charge on any atom is -0.393 e. The Balaban J connectivity index is 1.65. The number of fused-ring (bicyclic) bond motifs is 1. The molecule has 32 heavy (non-hydrogen) atoms. The van der Waals surface area contributed by atoms with Gasteiger partial charge in [0.05, 0.1) is 29.0 Å². The van der Waals surface area contributed by atoms with Crippen LogP contribution in [-0.2, 0) is 4.74 Å². The zero-order valence-corrected chi connectivity index (χ0v) is 16.6. The second-order valence-corrected chi connectivity index (χ2v) is 7.59. The van der Waals surface area contributed by atoms with E-state index in [2.05, 4.69) is 25.6 Å². The van der Waals surface area contributed by atoms with Crippen LogP contribution in [0, 0.1) is 17.5 Å². The summed E-state index contributed by atoms with van der Waals surface area (Å²) in [5.74, 6) is -4.18. The van der Waals surface area contributed by atoms with Gasteiger partial charge in [0.25, 0.3) is 0 Å². The number of ether oxygens (including phenoxy) is 1. The van der Waals surface area contributed by atoms with Gasteiger partial charge < -0.3 is 20.5 Å². The maximum Gasteiger partial charge on any atom is 0.224 e. The molecule has 11 heteroatoms. The van der Waals surface area contributed by atoms with Gasteiger partial charge in [-0.3, -0.25) is 4.57 Å². The predicted octanol–water partition coefficient (Wildman–Crippen LogP) is 3.66. The fraction of sp³-hybridized carbons (Fsp3) is 0.476. The smallest absolute Gasteiger partial charge is 0.224 e. The van der Waals surface area contributed by atoms with Gasteiger partial charge >= 0.3 is 0 Å². The van der Waals surface area contributed by atoms with Crippen LogP contribution in [-0.4, -0.2) is 49.9 Å². The zero-order valence-electron chi connectivity index (χ0n) is 21.6. The van der Waals surface area contributed by atoms with E-state index in [9.17, 15) is 18.3 Å². The first kappa shape index (κ1) is 15.8. The van der Waals surface area contributed by atoms with Crippen LogP contribution in [0.2, 0.25) is 0 Å². The van der Waals surface area contributed by atoms with E-state index in [4.69, 9.17) is 11.6 Å². The van der Waals surface area contributed by atoms with E-state index < -0.39 is 54.6 Å². The first-order valence-corrected chi connectivity index (χ1v) is 10.0. The summed E-state index contributed by atoms with van der Waals surface area (Å²) in [5, 5.41) is 15.2. The molecule has 0 spiro atoms. The Labute approximate surface area is 188 Å². The Kier molecular flexibility index (Phi) is 4.22. The van der Waals surface area contributed by atoms with Crippen LogP contribution in [0.25, 0.3) is 11.2 Å². The molecule has 5 rings (SSSR count). The van der Waals surface area contributed by atoms with E-state index >= 15 is 0 Å². The van der Waals surface area contributed by atoms with E-state index in [1.54, 1.807) is 0 Å². The molecule has 0 radical (unpaired) electrons. The number of hydrogen-bond donors (Lipinski definition) is 3. The van der Waals surface area contributed by atoms with E-state index in [0.29, 0.717) is 37.8 Å². The van der Waals surface area contributed by atoms with Crippen LogP contribution in [0.4, 0.5) is 30.8 Å². The summed E-state index contributed by atoms with van der Waals surface area (Å²) in [6.07, 6.45) is 0.536. The van der Waals surface area contributed by atoms with Crippen molar-refractivity contribution in [1.29, 1.82) is 0 Å². The zero-order chi connectivity index (χ0) is 26.7. The van der Waals surface area contributed by atoms with E-state index in [1.165, 1.54) is 6.20 Å². The van der Waals surface area contributed by atoms with Crippen molar-refractivity contribution < 1.29 is 29.9 Å². The van der Waals surface area contributed by atoms with Crippen LogP contribution >= 0.6 is 0 Å². The van der Waals surface area contributed by atoms with E-state index in [-0.39, 0.29) is 29.3 Å². The van der Waals surface area contributed by atoms with Crippen LogP contribution in [0.15, 0.2) is 18.3 Å². The molecule has 3 unspecified atom stereocenters. The third-order valence-electron chi connectivity index (χ3n) is 5.37. The highest BCUT2D eigenvalue weighted by atomic mass is 19.1. The van der Waals surface area contributed by atoms with Gasteiger partial charge in [0.2, 0.25) is 11.9 Å². The molecule has 2 fully saturated rings. The Morgan fingerprint density at radius 1 is 1.16 bits per heavy atom. The number of nitrogens with one attached hydrogen (secondary N) is 2. The van der Waals surface area contributed by atoms with Crippen molar-refractivity contribution in [2.75, 3.05) is 23.8 Å². The first-order valence-electron chi connectivity index (χ1n) is 12.7. The van der Waals surface area contributed by atoms with Crippen molar-refractivity contribution in [2.24, 2.45) is 0 Å². The SMILES string of the molecule is [2H]C1OC([2H])C([2H])(n2c(Nc3c(F)cc(F)cc3F)nc3cnc(NC4CCC(O)CC4)nc32)C1([2H])[2H]. The summed E-state index contributed by atoms with van der Waals surface area (Å²) >= 11 is 0. The fourth-order valence-electron chi connectivity index (χ4n) is 3.78. The average molecular weight is 453 g/mol. The summed E-state index contributed by atoms with van der Waals surface area (Å²) in [7, 11) is 0. The maximum absolute atomic E-state index is 14.5. The molecule has 3 N–H and O–H groups in total. The van der Waals surface area contributed by atoms with Gasteiger partial charge in [0.15, 0.2) is 17.3 Å². The van der Waals surface area contributed by atoms with Crippen molar-refractivity contribution in [1.82, 2.24) is 19.5 Å². The number of halogens is 3. The van der Waals surface area contributed by atoms with Gasteiger partial charge in [-0.05, 0) is 32.1 Å². The Bertz CT molecular complexity index is 1320. The normalized spacial score (nSPS) is 34.3. The second-order valence-electron chi connectivity index (χ2n) is 7.59. The van der Waals surface area contributed by atoms with Crippen molar-refractivity contribution in [3.05, 3.63) is 35.8 Å². The number of aromatic nitrogens is 4. The lowest BCUT2D eigenvalue weighted by molar-refractivity contribution is 0.126. The minimum atomic E-state index is -2.79. The lowest BCUT2D eigenvalue weighted by Gasteiger charge is -2.26. The van der Waals surface area contributed by atoms with Crippen molar-refractivity contribution in [3.8, 4) is 0 Å². The highest BCUT2D eigenvalue weighted by Crippen LogP contribution is 2.32. The molecular formula is C21H23F3N6O2. The number of benzene rings is 1. The van der Waals surface area contributed by atoms with Crippen LogP contribution in [0.1, 0.15) is 44.9 Å². The van der Waals surface area contributed by atoms with Gasteiger partial charge in [-0.1, -0.05) is 0 Å². The molecule has 2 aliphatic rings. The number of imidazole rings is 1. The molecule has 1 aromatic carbocycles. The third-order valence-corrected chi connectivity index (χ3v) is 5.37. The number of nitrogens with zero attached hydrogens (tertiary/aromatic N) is 4. The van der Waals surface area contributed by atoms with Crippen molar-refractivity contribution in [3.63, 3.8) is 0 Å². The number of anilines is 3. The molecule has 1 aliphatic heterocycles. The van der Waals surface area contributed by atoms with Crippen LogP contribution < -0.4 is 10.6 Å². The second kappa shape index (κ2) is 8.55. The Morgan fingerprint density at radius 2 is 1.91 bits per heavy atom. The molecule has 1 aliphatic carbocycles. The molecule has 1 saturated carbocycles. The van der Waals surface area contributed by atoms with Crippen molar-refractivity contribution in [2.45, 2.75) is 50.2 Å². The molecule has 170 valence electrons. The van der Waals surface area contributed by atoms with Gasteiger partial charge in [-0.25, -0.2) is 23.1 Å². The highest BCUT2D eigenvalue weighted by Gasteiger charge is 2.27. The summed E-state index contributed by atoms with van der Waals surface area (Å²) in [4.78, 5) is 12.7. The van der Waals surface area contributed by atoms with E-state index in [0.717, 1.165) is 4.57 Å². The highest BCUT2D eigenvalue weighted by molar-refractivity contribution is 5.76. The largest absolute Gasteiger partial charge is 0.393 e. The van der Waals surface area contributed by atoms with Gasteiger partial charge in [0, 0.05) is 27.5 Å². The van der Waals surface area contributed by atoms with E-state index in [1.807, 2.05) is 0 Å². The number of rotatable bonds is 5. The van der Waals surface area contributed by atoms with Crippen LogP contribution in [0.3, 0.4) is 0 Å². The Hall–Kier alpha value is -2.92. The quantitative estimate of drug-likeness (QED) is 0.542. The molecule has 8 nitrogen and oxygen atoms in total. The van der Waals surface area contributed by atoms with Crippen molar-refractivity contribution >= 4 is 28.7 Å². The standard InChI is InChI=1S/C21H23F3N6O2/c22-11-7-15(23)18(16(24)8-11)28-21-27-17-9-25-20(26-12-1-3-14(31)4-2-12)29-19(17)30(21)13-5-6-32-10-13/h7-9,12-14,31H,1-6,10H2,(H,27,28)(H,25,26,29)/i5D2,6D,10D,13D. The third kappa shape index (κ3) is 4.09. The molecule has 0 bridgehead atoms. The minimum absolute atomic E-state index is 0.00176. The van der Waals surface area contributed by atoms with Gasteiger partial charge in [0.1, 0.15) is 17.0 Å². The summed E-state index contributed by atoms with van der Waals surface area (Å²) in [6.45, 7) is -3.87. The van der Waals surface area contributed by atoms with Gasteiger partial charge in [-0.15, -0.1) is 0 Å². The molecular weight excluding hydrogens is 425 g/mol. The maximum atomic E-state index is 14.5. The number of aliphatic hydroxyl groups excluding tert-OH is 1. The molecule has 3 heterocycles. The number of hydrogen-bond acceptors (Lipinski definition) is 7. The number of aliphatic hydroxyl groups is 1. The molecule has 3 atom stereocenters. The molecule has 1 saturated heterocycles. The predicted molar refractivity (Wildman–Crippen MR) is 111 cm³/mol. The molecule has 0 amide bonds. The van der Waals surface area contributed by atoms with Gasteiger partial charge in [-0.2, -0.15) is 4.98 Å². The summed E-state index contributed by atoms with van der Waals surface area (Å²) in [5.41, 5.74) is -0.984. The molecule has 3 aromatic rings. The lowest BCUT2D eigenvalue weighted by atomic mass is 9.93. The lowest BCUT2D eigenvalue weighted by Crippen LogP contribution is -2.29. The molecule has 2 aromatic heterocycles.